The van der Waals surface area contributed by atoms with E-state index in [0.717, 1.165) is 23.7 Å². The second-order valence-electron chi connectivity index (χ2n) is 5.34. The predicted molar refractivity (Wildman–Crippen MR) is 85.1 cm³/mol. The zero-order valence-corrected chi connectivity index (χ0v) is 12.3. The van der Waals surface area contributed by atoms with Crippen LogP contribution in [0, 0.1) is 0 Å². The molecule has 0 bridgehead atoms. The van der Waals surface area contributed by atoms with Crippen LogP contribution in [0.3, 0.4) is 0 Å². The zero-order chi connectivity index (χ0) is 14.1. The van der Waals surface area contributed by atoms with Crippen molar-refractivity contribution >= 4 is 34.3 Å². The number of hydrogen-bond donors (Lipinski definition) is 3. The first-order valence-electron chi connectivity index (χ1n) is 6.88. The van der Waals surface area contributed by atoms with Gasteiger partial charge < -0.3 is 16.0 Å². The number of carbonyl (C=O) groups is 1. The summed E-state index contributed by atoms with van der Waals surface area (Å²) in [6.07, 6.45) is 5.45. The number of rotatable bonds is 3. The van der Waals surface area contributed by atoms with Crippen molar-refractivity contribution in [2.24, 2.45) is 0 Å². The minimum Gasteiger partial charge on any atom is -0.397 e. The number of H-pyrrole nitrogens is 1. The van der Waals surface area contributed by atoms with Gasteiger partial charge in [-0.15, -0.1) is 0 Å². The van der Waals surface area contributed by atoms with Crippen LogP contribution < -0.4 is 11.1 Å². The molecule has 0 radical (unpaired) electrons. The van der Waals surface area contributed by atoms with Crippen LogP contribution in [0.1, 0.15) is 29.8 Å². The molecule has 1 fully saturated rings. The maximum atomic E-state index is 12.3. The van der Waals surface area contributed by atoms with Gasteiger partial charge in [0.2, 0.25) is 0 Å². The number of aromatic amines is 1. The molecule has 1 aliphatic rings. The van der Waals surface area contributed by atoms with E-state index in [-0.39, 0.29) is 5.91 Å². The Morgan fingerprint density at radius 3 is 3.00 bits per heavy atom. The Hall–Kier alpha value is -1.62. The number of para-hydroxylation sites is 1. The van der Waals surface area contributed by atoms with E-state index in [1.165, 1.54) is 6.42 Å². The number of thioether (sulfide) groups is 1. The van der Waals surface area contributed by atoms with Gasteiger partial charge in [0.1, 0.15) is 5.69 Å². The Morgan fingerprint density at radius 1 is 1.45 bits per heavy atom. The first-order valence-corrected chi connectivity index (χ1v) is 8.17. The maximum Gasteiger partial charge on any atom is 0.267 e. The van der Waals surface area contributed by atoms with Crippen LogP contribution in [0.2, 0.25) is 0 Å². The van der Waals surface area contributed by atoms with Crippen LogP contribution in [0.4, 0.5) is 5.69 Å². The summed E-state index contributed by atoms with van der Waals surface area (Å²) in [5.41, 5.74) is 8.00. The van der Waals surface area contributed by atoms with E-state index in [0.29, 0.717) is 22.7 Å². The SMILES string of the molecule is CSC1CCC(NC(=O)c2cc3cccc(N)c3[nH]2)C1. The molecule has 2 aromatic rings. The number of aromatic nitrogens is 1. The highest BCUT2D eigenvalue weighted by Crippen LogP contribution is 2.28. The predicted octanol–water partition coefficient (Wildman–Crippen LogP) is 2.76. The molecule has 5 heteroatoms. The lowest BCUT2D eigenvalue weighted by Gasteiger charge is -2.11. The van der Waals surface area contributed by atoms with Gasteiger partial charge in [0.25, 0.3) is 5.91 Å². The third-order valence-electron chi connectivity index (χ3n) is 3.99. The molecule has 2 unspecified atom stereocenters. The number of nitrogens with one attached hydrogen (secondary N) is 2. The highest BCUT2D eigenvalue weighted by Gasteiger charge is 2.25. The third kappa shape index (κ3) is 2.50. The Kier molecular flexibility index (Phi) is 3.61. The topological polar surface area (TPSA) is 70.9 Å². The summed E-state index contributed by atoms with van der Waals surface area (Å²) in [5.74, 6) is -0.0349. The summed E-state index contributed by atoms with van der Waals surface area (Å²) >= 11 is 1.89. The Bertz CT molecular complexity index is 637. The van der Waals surface area contributed by atoms with Crippen LogP contribution in [0.15, 0.2) is 24.3 Å². The molecule has 3 rings (SSSR count). The van der Waals surface area contributed by atoms with Crippen LogP contribution in [-0.4, -0.2) is 28.4 Å². The molecule has 0 aliphatic heterocycles. The molecule has 0 spiro atoms. The number of fused-ring (bicyclic) bond motifs is 1. The normalized spacial score (nSPS) is 22.2. The molecule has 20 heavy (non-hydrogen) atoms. The number of hydrogen-bond acceptors (Lipinski definition) is 3. The number of carbonyl (C=O) groups excluding carboxylic acids is 1. The fourth-order valence-electron chi connectivity index (χ4n) is 2.85. The highest BCUT2D eigenvalue weighted by atomic mass is 32.2. The summed E-state index contributed by atoms with van der Waals surface area (Å²) < 4.78 is 0. The van der Waals surface area contributed by atoms with Gasteiger partial charge in [-0.1, -0.05) is 12.1 Å². The van der Waals surface area contributed by atoms with Gasteiger partial charge in [0.15, 0.2) is 0 Å². The maximum absolute atomic E-state index is 12.3. The van der Waals surface area contributed by atoms with Crippen molar-refractivity contribution in [3.8, 4) is 0 Å². The lowest BCUT2D eigenvalue weighted by Crippen LogP contribution is -2.33. The minimum absolute atomic E-state index is 0.0349. The van der Waals surface area contributed by atoms with Crippen LogP contribution in [-0.2, 0) is 0 Å². The molecule has 1 saturated carbocycles. The standard InChI is InChI=1S/C15H19N3OS/c1-20-11-6-5-10(8-11)17-15(19)13-7-9-3-2-4-12(16)14(9)18-13/h2-4,7,10-11,18H,5-6,8,16H2,1H3,(H,17,19). The average Bonchev–Trinajstić information content (AvgIpc) is 3.05. The van der Waals surface area contributed by atoms with Crippen LogP contribution in [0.25, 0.3) is 10.9 Å². The smallest absolute Gasteiger partial charge is 0.267 e. The second-order valence-corrected chi connectivity index (χ2v) is 6.47. The van der Waals surface area contributed by atoms with Gasteiger partial charge in [-0.05, 0) is 37.7 Å². The lowest BCUT2D eigenvalue weighted by molar-refractivity contribution is 0.0934. The van der Waals surface area contributed by atoms with E-state index in [1.807, 2.05) is 36.0 Å². The number of amides is 1. The summed E-state index contributed by atoms with van der Waals surface area (Å²) in [6.45, 7) is 0. The monoisotopic (exact) mass is 289 g/mol. The van der Waals surface area contributed by atoms with Gasteiger partial charge in [0, 0.05) is 16.7 Å². The molecular formula is C15H19N3OS. The molecule has 1 aliphatic carbocycles. The summed E-state index contributed by atoms with van der Waals surface area (Å²) in [7, 11) is 0. The van der Waals surface area contributed by atoms with E-state index in [4.69, 9.17) is 5.73 Å². The van der Waals surface area contributed by atoms with E-state index in [2.05, 4.69) is 16.6 Å². The molecule has 1 aromatic carbocycles. The van der Waals surface area contributed by atoms with E-state index in [1.54, 1.807) is 0 Å². The number of nitrogens with two attached hydrogens (primary N) is 1. The molecule has 4 N–H and O–H groups in total. The van der Waals surface area contributed by atoms with Crippen molar-refractivity contribution in [1.29, 1.82) is 0 Å². The first-order chi connectivity index (χ1) is 9.67. The largest absolute Gasteiger partial charge is 0.397 e. The van der Waals surface area contributed by atoms with Crippen molar-refractivity contribution in [2.75, 3.05) is 12.0 Å². The van der Waals surface area contributed by atoms with Crippen molar-refractivity contribution in [2.45, 2.75) is 30.6 Å². The van der Waals surface area contributed by atoms with E-state index in [9.17, 15) is 4.79 Å². The quantitative estimate of drug-likeness (QED) is 0.761. The summed E-state index contributed by atoms with van der Waals surface area (Å²) in [4.78, 5) is 15.4. The third-order valence-corrected chi connectivity index (χ3v) is 5.08. The molecular weight excluding hydrogens is 270 g/mol. The first kappa shape index (κ1) is 13.4. The minimum atomic E-state index is -0.0349. The van der Waals surface area contributed by atoms with E-state index >= 15 is 0 Å². The Labute approximate surface area is 122 Å². The summed E-state index contributed by atoms with van der Waals surface area (Å²) in [6, 6.07) is 7.84. The number of anilines is 1. The molecule has 1 amide bonds. The molecule has 4 nitrogen and oxygen atoms in total. The molecule has 2 atom stereocenters. The average molecular weight is 289 g/mol. The van der Waals surface area contributed by atoms with E-state index < -0.39 is 0 Å². The van der Waals surface area contributed by atoms with Gasteiger partial charge in [-0.2, -0.15) is 11.8 Å². The lowest BCUT2D eigenvalue weighted by atomic mass is 10.2. The van der Waals surface area contributed by atoms with Gasteiger partial charge in [-0.3, -0.25) is 4.79 Å². The zero-order valence-electron chi connectivity index (χ0n) is 11.5. The number of nitrogen functional groups attached to an aromatic ring is 1. The fourth-order valence-corrected chi connectivity index (χ4v) is 3.65. The second kappa shape index (κ2) is 5.40. The summed E-state index contributed by atoms with van der Waals surface area (Å²) in [5, 5.41) is 4.77. The van der Waals surface area contributed by atoms with Crippen LogP contribution in [0.5, 0.6) is 0 Å². The van der Waals surface area contributed by atoms with Gasteiger partial charge in [-0.25, -0.2) is 0 Å². The number of benzene rings is 1. The fraction of sp³-hybridized carbons (Fsp3) is 0.400. The Balaban J connectivity index is 1.74. The molecule has 106 valence electrons. The van der Waals surface area contributed by atoms with Crippen molar-refractivity contribution in [3.05, 3.63) is 30.0 Å². The van der Waals surface area contributed by atoms with Crippen LogP contribution >= 0.6 is 11.8 Å². The molecule has 1 aromatic heterocycles. The highest BCUT2D eigenvalue weighted by molar-refractivity contribution is 7.99. The molecule has 1 heterocycles. The molecule has 0 saturated heterocycles. The van der Waals surface area contributed by atoms with Crippen molar-refractivity contribution in [1.82, 2.24) is 10.3 Å². The Morgan fingerprint density at radius 2 is 2.30 bits per heavy atom. The van der Waals surface area contributed by atoms with Gasteiger partial charge >= 0.3 is 0 Å². The van der Waals surface area contributed by atoms with Gasteiger partial charge in [0.05, 0.1) is 11.2 Å². The van der Waals surface area contributed by atoms with Crippen molar-refractivity contribution < 1.29 is 4.79 Å². The van der Waals surface area contributed by atoms with Crippen molar-refractivity contribution in [3.63, 3.8) is 0 Å².